The zero-order valence-electron chi connectivity index (χ0n) is 28.1. The molecule has 0 bridgehead atoms. The van der Waals surface area contributed by atoms with E-state index in [0.717, 1.165) is 0 Å². The van der Waals surface area contributed by atoms with Crippen LogP contribution in [0.4, 0.5) is 17.1 Å². The highest BCUT2D eigenvalue weighted by Crippen LogP contribution is 2.57. The van der Waals surface area contributed by atoms with E-state index in [0.29, 0.717) is 0 Å². The predicted octanol–water partition coefficient (Wildman–Crippen LogP) is 10.5. The number of hydrogen-bond acceptors (Lipinski definition) is 1. The Morgan fingerprint density at radius 3 is 2.10 bits per heavy atom. The molecule has 0 saturated carbocycles. The van der Waals surface area contributed by atoms with Gasteiger partial charge in [-0.15, -0.1) is 0 Å². The summed E-state index contributed by atoms with van der Waals surface area (Å²) in [6, 6.07) is 47.7. The van der Waals surface area contributed by atoms with E-state index in [9.17, 15) is 0 Å². The van der Waals surface area contributed by atoms with Gasteiger partial charge in [-0.1, -0.05) is 136 Å². The van der Waals surface area contributed by atoms with Gasteiger partial charge in [-0.2, -0.15) is 0 Å². The van der Waals surface area contributed by atoms with Crippen LogP contribution >= 0.6 is 0 Å². The summed E-state index contributed by atoms with van der Waals surface area (Å²) in [5, 5.41) is 5.06. The van der Waals surface area contributed by atoms with Gasteiger partial charge in [0.15, 0.2) is 7.28 Å². The van der Waals surface area contributed by atoms with Crippen molar-refractivity contribution in [2.24, 2.45) is 0 Å². The summed E-state index contributed by atoms with van der Waals surface area (Å²) in [5.41, 5.74) is 19.3. The smallest absolute Gasteiger partial charge is 0.197 e. The van der Waals surface area contributed by atoms with Crippen LogP contribution in [0.1, 0.15) is 49.9 Å². The van der Waals surface area contributed by atoms with Crippen molar-refractivity contribution in [3.05, 3.63) is 150 Å². The van der Waals surface area contributed by atoms with Gasteiger partial charge in [0.25, 0.3) is 0 Å². The Bertz CT molecular complexity index is 2760. The van der Waals surface area contributed by atoms with Crippen molar-refractivity contribution >= 4 is 67.8 Å². The molecule has 3 aliphatic rings. The number of anilines is 3. The second kappa shape index (κ2) is 9.12. The Balaban J connectivity index is 1.29. The van der Waals surface area contributed by atoms with Crippen molar-refractivity contribution < 1.29 is 0 Å². The monoisotopic (exact) mass is 625 g/mol. The van der Waals surface area contributed by atoms with Crippen LogP contribution in [-0.4, -0.2) is 12.3 Å². The van der Waals surface area contributed by atoms with Gasteiger partial charge in [-0.25, -0.2) is 0 Å². The Morgan fingerprint density at radius 2 is 1.24 bits per heavy atom. The molecule has 2 aliphatic heterocycles. The van der Waals surface area contributed by atoms with Crippen LogP contribution in [-0.2, 0) is 10.8 Å². The topological polar surface area (TPSA) is 19.0 Å². The number of fused-ring (bicyclic) bond motifs is 11. The molecule has 1 aromatic heterocycles. The van der Waals surface area contributed by atoms with E-state index in [-0.39, 0.29) is 10.8 Å². The first kappa shape index (κ1) is 27.4. The Hall–Kier alpha value is -5.54. The van der Waals surface area contributed by atoms with Crippen LogP contribution in [0, 0.1) is 0 Å². The zero-order chi connectivity index (χ0) is 32.8. The van der Waals surface area contributed by atoms with Gasteiger partial charge in [0.1, 0.15) is 0 Å². The van der Waals surface area contributed by atoms with E-state index in [4.69, 9.17) is 0 Å². The molecule has 0 fully saturated rings. The minimum Gasteiger partial charge on any atom is -0.354 e. The van der Waals surface area contributed by atoms with E-state index in [1.807, 2.05) is 0 Å². The summed E-state index contributed by atoms with van der Waals surface area (Å²) in [6.45, 7) is 9.58. The third kappa shape index (κ3) is 3.38. The van der Waals surface area contributed by atoms with Crippen molar-refractivity contribution in [2.45, 2.75) is 38.5 Å². The predicted molar refractivity (Wildman–Crippen MR) is 208 cm³/mol. The van der Waals surface area contributed by atoms with Gasteiger partial charge in [-0.3, -0.25) is 0 Å². The van der Waals surface area contributed by atoms with Gasteiger partial charge in [0.05, 0.1) is 11.2 Å². The van der Waals surface area contributed by atoms with Crippen molar-refractivity contribution in [1.82, 2.24) is 4.98 Å². The molecule has 1 radical (unpaired) electrons. The summed E-state index contributed by atoms with van der Waals surface area (Å²) in [5.74, 6) is 0. The van der Waals surface area contributed by atoms with E-state index in [2.05, 4.69) is 172 Å². The highest BCUT2D eigenvalue weighted by atomic mass is 15.2. The number of aromatic amines is 1. The maximum Gasteiger partial charge on any atom is 0.197 e. The molecule has 1 N–H and O–H groups in total. The van der Waals surface area contributed by atoms with Gasteiger partial charge in [-0.05, 0) is 79.4 Å². The number of hydrogen-bond donors (Lipinski definition) is 1. The molecule has 0 atom stereocenters. The normalized spacial score (nSPS) is 15.8. The van der Waals surface area contributed by atoms with E-state index in [1.54, 1.807) is 0 Å². The lowest BCUT2D eigenvalue weighted by atomic mass is 9.54. The van der Waals surface area contributed by atoms with Gasteiger partial charge in [0, 0.05) is 44.1 Å². The minimum atomic E-state index is -0.184. The molecule has 0 spiro atoms. The third-order valence-electron chi connectivity index (χ3n) is 12.0. The molecule has 0 amide bonds. The number of aromatic nitrogens is 1. The Labute approximate surface area is 287 Å². The Kier molecular flexibility index (Phi) is 5.10. The van der Waals surface area contributed by atoms with E-state index >= 15 is 0 Å². The average Bonchev–Trinajstić information content (AvgIpc) is 3.59. The fraction of sp³-hybridized carbons (Fsp3) is 0.130. The largest absolute Gasteiger partial charge is 0.354 e. The van der Waals surface area contributed by atoms with Crippen LogP contribution in [0.3, 0.4) is 0 Å². The number of nitrogens with zero attached hydrogens (tertiary/aromatic N) is 1. The highest BCUT2D eigenvalue weighted by Gasteiger charge is 2.45. The van der Waals surface area contributed by atoms with Gasteiger partial charge < -0.3 is 9.88 Å². The fourth-order valence-corrected chi connectivity index (χ4v) is 9.68. The van der Waals surface area contributed by atoms with E-state index in [1.165, 1.54) is 105 Å². The molecule has 1 aliphatic carbocycles. The summed E-state index contributed by atoms with van der Waals surface area (Å²) in [4.78, 5) is 6.53. The summed E-state index contributed by atoms with van der Waals surface area (Å²) in [6.07, 6.45) is 0. The van der Waals surface area contributed by atoms with Crippen LogP contribution in [0.2, 0.25) is 0 Å². The van der Waals surface area contributed by atoms with Crippen molar-refractivity contribution in [1.29, 1.82) is 0 Å². The fourth-order valence-electron chi connectivity index (χ4n) is 9.68. The molecule has 8 aromatic rings. The second-order valence-electron chi connectivity index (χ2n) is 15.2. The molecule has 0 saturated heterocycles. The number of para-hydroxylation sites is 3. The minimum absolute atomic E-state index is 0.114. The number of H-pyrrole nitrogens is 1. The molecule has 3 heteroatoms. The van der Waals surface area contributed by atoms with Crippen LogP contribution in [0.25, 0.3) is 54.8 Å². The molecular formula is C46H34BN2. The van der Waals surface area contributed by atoms with Crippen molar-refractivity contribution in [2.75, 3.05) is 4.90 Å². The molecule has 49 heavy (non-hydrogen) atoms. The molecular weight excluding hydrogens is 591 g/mol. The molecule has 231 valence electrons. The maximum atomic E-state index is 3.95. The lowest BCUT2D eigenvalue weighted by molar-refractivity contribution is 0.632. The summed E-state index contributed by atoms with van der Waals surface area (Å²) >= 11 is 0. The Morgan fingerprint density at radius 1 is 0.551 bits per heavy atom. The first-order valence-corrected chi connectivity index (χ1v) is 17.5. The molecule has 2 nitrogen and oxygen atoms in total. The summed E-state index contributed by atoms with van der Waals surface area (Å²) in [7, 11) is 2.49. The third-order valence-corrected chi connectivity index (χ3v) is 12.0. The summed E-state index contributed by atoms with van der Waals surface area (Å²) < 4.78 is 0. The van der Waals surface area contributed by atoms with Crippen LogP contribution in [0.5, 0.6) is 0 Å². The first-order chi connectivity index (χ1) is 23.8. The van der Waals surface area contributed by atoms with Gasteiger partial charge in [0.2, 0.25) is 0 Å². The van der Waals surface area contributed by atoms with E-state index < -0.39 is 0 Å². The van der Waals surface area contributed by atoms with Crippen LogP contribution < -0.4 is 15.8 Å². The van der Waals surface area contributed by atoms with Crippen LogP contribution in [0.15, 0.2) is 127 Å². The lowest BCUT2D eigenvalue weighted by Crippen LogP contribution is -2.46. The first-order valence-electron chi connectivity index (χ1n) is 17.5. The zero-order valence-corrected chi connectivity index (χ0v) is 28.1. The number of nitrogens with one attached hydrogen (secondary N) is 1. The average molecular weight is 626 g/mol. The second-order valence-corrected chi connectivity index (χ2v) is 15.2. The molecule has 7 aromatic carbocycles. The number of rotatable bonds is 1. The molecule has 11 rings (SSSR count). The molecule has 0 unspecified atom stereocenters. The standard InChI is InChI=1S/C46H34BN2/c1-45(2)34-19-9-10-22-38(34)49-39-25-32-28-15-7-8-18-33(28)46(3,4)41(32)40(42(39)47-36-21-12-20-35(45)44(36)49)30-17-11-16-29-31-23-26-13-5-6-14-27(26)24-37(31)48-43(29)30/h5-25,48H,1-4H3. The van der Waals surface area contributed by atoms with Gasteiger partial charge >= 0.3 is 0 Å². The van der Waals surface area contributed by atoms with Crippen molar-refractivity contribution in [3.8, 4) is 22.3 Å². The number of benzene rings is 7. The SMILES string of the molecule is CC1(C)c2ccccc2N2c3cc4c(c(-c5cccc6c5[nH]c5cc7ccccc7cc56)c3[B]c3cccc1c32)C(C)(C)c1ccccc1-4. The lowest BCUT2D eigenvalue weighted by Gasteiger charge is -2.46. The van der Waals surface area contributed by atoms with Crippen molar-refractivity contribution in [3.63, 3.8) is 0 Å². The molecule has 3 heterocycles. The highest BCUT2D eigenvalue weighted by molar-refractivity contribution is 6.73. The quantitative estimate of drug-likeness (QED) is 0.180. The maximum absolute atomic E-state index is 3.95.